The van der Waals surface area contributed by atoms with Gasteiger partial charge in [-0.2, -0.15) is 0 Å². The summed E-state index contributed by atoms with van der Waals surface area (Å²) in [6.45, 7) is 20.4. The third-order valence-corrected chi connectivity index (χ3v) is 17.8. The van der Waals surface area contributed by atoms with E-state index in [9.17, 15) is 9.59 Å². The van der Waals surface area contributed by atoms with Gasteiger partial charge in [0.05, 0.1) is 16.9 Å². The van der Waals surface area contributed by atoms with Gasteiger partial charge in [0.25, 0.3) is 0 Å². The quantitative estimate of drug-likeness (QED) is 0.131. The van der Waals surface area contributed by atoms with E-state index in [1.807, 2.05) is 13.0 Å². The summed E-state index contributed by atoms with van der Waals surface area (Å²) in [7, 11) is 0. The van der Waals surface area contributed by atoms with E-state index < -0.39 is 17.6 Å². The van der Waals surface area contributed by atoms with Crippen LogP contribution in [0.2, 0.25) is 0 Å². The number of hydrogen-bond donors (Lipinski definition) is 4. The van der Waals surface area contributed by atoms with Crippen molar-refractivity contribution in [1.82, 2.24) is 16.0 Å². The number of nitrogens with two attached hydrogens (primary N) is 1. The Morgan fingerprint density at radius 1 is 0.763 bits per heavy atom. The second-order valence-corrected chi connectivity index (χ2v) is 22.6. The molecule has 2 amide bonds. The number of halogens is 1. The van der Waals surface area contributed by atoms with Crippen molar-refractivity contribution in [1.29, 1.82) is 0 Å². The molecule has 59 heavy (non-hydrogen) atoms. The summed E-state index contributed by atoms with van der Waals surface area (Å²) in [6.07, 6.45) is 33.4. The van der Waals surface area contributed by atoms with Crippen LogP contribution in [0.4, 0.5) is 4.39 Å². The van der Waals surface area contributed by atoms with E-state index in [2.05, 4.69) is 73.2 Å². The van der Waals surface area contributed by atoms with Gasteiger partial charge in [-0.25, -0.2) is 4.39 Å². The molecule has 1 aliphatic heterocycles. The Kier molecular flexibility index (Phi) is 11.5. The smallest absolute Gasteiger partial charge is 0.226 e. The first-order valence-corrected chi connectivity index (χ1v) is 23.8. The van der Waals surface area contributed by atoms with Gasteiger partial charge in [0, 0.05) is 12.6 Å². The van der Waals surface area contributed by atoms with E-state index in [0.29, 0.717) is 24.2 Å². The van der Waals surface area contributed by atoms with E-state index in [1.165, 1.54) is 24.0 Å². The van der Waals surface area contributed by atoms with Gasteiger partial charge in [-0.3, -0.25) is 9.59 Å². The number of allylic oxidation sites excluding steroid dienone is 10. The average Bonchev–Trinajstić information content (AvgIpc) is 3.17. The highest BCUT2D eigenvalue weighted by Gasteiger charge is 2.70. The lowest BCUT2D eigenvalue weighted by Crippen LogP contribution is -2.66. The van der Waals surface area contributed by atoms with Gasteiger partial charge in [0.1, 0.15) is 6.17 Å². The first-order chi connectivity index (χ1) is 28.1. The van der Waals surface area contributed by atoms with Crippen LogP contribution < -0.4 is 21.7 Å². The molecule has 8 bridgehead atoms. The molecule has 324 valence electrons. The Hall–Kier alpha value is -2.77. The molecule has 9 aliphatic carbocycles. The van der Waals surface area contributed by atoms with Gasteiger partial charge in [-0.1, -0.05) is 76.0 Å². The van der Waals surface area contributed by atoms with Crippen LogP contribution in [-0.4, -0.2) is 49.7 Å². The number of hydrogen-bond acceptors (Lipinski definition) is 4. The van der Waals surface area contributed by atoms with Crippen molar-refractivity contribution in [2.24, 2.45) is 55.5 Å². The standard InChI is InChI=1S/C52H77FN4O2/c1-7-10-11-12-36(4)50-27-46(6)28-51(33-50,35-52(29-46,34-50)45(59)57-43-19-21-55-26-42(43)53)40(9-3)16-13-37(5)48-23-39-22-47(30-48,20-8-2)31-49(24-39,32-48)44(58)56-41-17-14-38(25-54)15-18-41/h7,9-13,16,38-39,41-43,55H,4-5,8,14-15,17-35,54H2,1-3,6H3,(H,56,58)(H,57,59)/b10-7-,12-11-,16-13-,40-9+/t38-,39?,41-,42-,43-,46+,47-,48-,49?,50+,51?,52?/m1/s1. The molecule has 1 heterocycles. The molecule has 0 radical (unpaired) electrons. The maximum Gasteiger partial charge on any atom is 0.226 e. The molecule has 5 N–H and O–H groups in total. The molecule has 7 heteroatoms. The zero-order chi connectivity index (χ0) is 41.9. The Morgan fingerprint density at radius 2 is 1.41 bits per heavy atom. The lowest BCUT2D eigenvalue weighted by Gasteiger charge is -2.70. The maximum absolute atomic E-state index is 15.2. The highest BCUT2D eigenvalue weighted by molar-refractivity contribution is 5.85. The summed E-state index contributed by atoms with van der Waals surface area (Å²) in [4.78, 5) is 29.5. The second kappa shape index (κ2) is 15.9. The molecule has 1 saturated heterocycles. The molecule has 0 aromatic carbocycles. The molecule has 10 atom stereocenters. The van der Waals surface area contributed by atoms with Crippen molar-refractivity contribution in [3.8, 4) is 0 Å². The fraction of sp³-hybridized carbons (Fsp3) is 0.731. The van der Waals surface area contributed by atoms with E-state index in [4.69, 9.17) is 18.9 Å². The summed E-state index contributed by atoms with van der Waals surface area (Å²) in [5.41, 5.74) is 8.31. The summed E-state index contributed by atoms with van der Waals surface area (Å²) in [6, 6.07) is -0.188. The highest BCUT2D eigenvalue weighted by Crippen LogP contribution is 2.77. The molecular formula is C52H77FN4O2. The lowest BCUT2D eigenvalue weighted by atomic mass is 9.33. The van der Waals surface area contributed by atoms with Crippen LogP contribution in [0.5, 0.6) is 0 Å². The first-order valence-electron chi connectivity index (χ1n) is 23.8. The van der Waals surface area contributed by atoms with Gasteiger partial charge < -0.3 is 21.7 Å². The molecule has 10 rings (SSSR count). The van der Waals surface area contributed by atoms with Gasteiger partial charge in [0.15, 0.2) is 0 Å². The molecule has 0 aromatic heterocycles. The fourth-order valence-corrected chi connectivity index (χ4v) is 16.7. The number of rotatable bonds is 14. The minimum absolute atomic E-state index is 0.0472. The third-order valence-electron chi connectivity index (χ3n) is 17.8. The van der Waals surface area contributed by atoms with Crippen molar-refractivity contribution < 1.29 is 14.0 Å². The number of carbonyl (C=O) groups excluding carboxylic acids is 2. The van der Waals surface area contributed by atoms with Crippen LogP contribution in [0.3, 0.4) is 0 Å². The van der Waals surface area contributed by atoms with Crippen molar-refractivity contribution in [2.75, 3.05) is 19.6 Å². The molecule has 10 fully saturated rings. The number of amides is 2. The Morgan fingerprint density at radius 3 is 2.12 bits per heavy atom. The van der Waals surface area contributed by atoms with Crippen LogP contribution in [-0.2, 0) is 9.59 Å². The number of alkyl halides is 1. The molecule has 4 unspecified atom stereocenters. The van der Waals surface area contributed by atoms with E-state index >= 15 is 4.39 Å². The van der Waals surface area contributed by atoms with Crippen molar-refractivity contribution >= 4 is 11.8 Å². The molecule has 0 aromatic rings. The zero-order valence-corrected chi connectivity index (χ0v) is 37.2. The molecular weight excluding hydrogens is 732 g/mol. The second-order valence-electron chi connectivity index (χ2n) is 22.6. The molecule has 0 spiro atoms. The predicted molar refractivity (Wildman–Crippen MR) is 239 cm³/mol. The Labute approximate surface area is 356 Å². The average molecular weight is 809 g/mol. The van der Waals surface area contributed by atoms with Crippen molar-refractivity contribution in [3.05, 3.63) is 72.4 Å². The molecule has 9 saturated carbocycles. The minimum Gasteiger partial charge on any atom is -0.353 e. The minimum atomic E-state index is -1.08. The lowest BCUT2D eigenvalue weighted by molar-refractivity contribution is -0.182. The van der Waals surface area contributed by atoms with Gasteiger partial charge in [-0.15, -0.1) is 0 Å². The van der Waals surface area contributed by atoms with E-state index in [0.717, 1.165) is 121 Å². The van der Waals surface area contributed by atoms with Gasteiger partial charge >= 0.3 is 0 Å². The van der Waals surface area contributed by atoms with Crippen molar-refractivity contribution in [3.63, 3.8) is 0 Å². The first kappa shape index (κ1) is 42.9. The molecule has 10 aliphatic rings. The summed E-state index contributed by atoms with van der Waals surface area (Å²) in [5, 5.41) is 10.1. The monoisotopic (exact) mass is 809 g/mol. The number of carbonyl (C=O) groups is 2. The van der Waals surface area contributed by atoms with Crippen molar-refractivity contribution in [2.45, 2.75) is 168 Å². The zero-order valence-electron chi connectivity index (χ0n) is 37.2. The third kappa shape index (κ3) is 7.63. The van der Waals surface area contributed by atoms with Crippen LogP contribution in [0.1, 0.15) is 150 Å². The van der Waals surface area contributed by atoms with Gasteiger partial charge in [0.2, 0.25) is 11.8 Å². The van der Waals surface area contributed by atoms with E-state index in [-0.39, 0.29) is 51.0 Å². The fourth-order valence-electron chi connectivity index (χ4n) is 16.7. The summed E-state index contributed by atoms with van der Waals surface area (Å²) in [5.74, 6) is 1.50. The summed E-state index contributed by atoms with van der Waals surface area (Å²) < 4.78 is 15.2. The SMILES string of the molecule is C=C(/C=C\C(=C/C)C12CC3(C(=O)N[C@@H]4CCNC[C@H]4F)C[C@](C)(C1)C[C@@](C(=C)/C=C\C=C/C)(C3)C2)[C@]12CC3CC(C(=O)N[C@H]4CC[C@H](CN)CC4)(C[C@](CCC)(C3)C1)C2. The topological polar surface area (TPSA) is 96.2 Å². The Balaban J connectivity index is 1.09. The van der Waals surface area contributed by atoms with Crippen LogP contribution in [0.25, 0.3) is 0 Å². The normalized spacial score (nSPS) is 45.1. The Bertz CT molecular complexity index is 1810. The van der Waals surface area contributed by atoms with E-state index in [1.54, 1.807) is 0 Å². The van der Waals surface area contributed by atoms with Crippen LogP contribution in [0, 0.1) is 49.7 Å². The molecule has 6 nitrogen and oxygen atoms in total. The maximum atomic E-state index is 15.2. The summed E-state index contributed by atoms with van der Waals surface area (Å²) >= 11 is 0. The highest BCUT2D eigenvalue weighted by atomic mass is 19.1. The van der Waals surface area contributed by atoms with Gasteiger partial charge in [-0.05, 0) is 198 Å². The number of piperidine rings is 1. The van der Waals surface area contributed by atoms with Crippen LogP contribution >= 0.6 is 0 Å². The van der Waals surface area contributed by atoms with Crippen LogP contribution in [0.15, 0.2) is 72.4 Å². The number of nitrogens with one attached hydrogen (secondary N) is 3. The predicted octanol–water partition coefficient (Wildman–Crippen LogP) is 10.3. The largest absolute Gasteiger partial charge is 0.353 e.